The molecule has 2 N–H and O–H groups in total. The van der Waals surface area contributed by atoms with Crippen LogP contribution in [0.1, 0.15) is 48.0 Å². The lowest BCUT2D eigenvalue weighted by Crippen LogP contribution is -2.30. The fourth-order valence-electron chi connectivity index (χ4n) is 4.13. The Morgan fingerprint density at radius 2 is 1.97 bits per heavy atom. The van der Waals surface area contributed by atoms with Gasteiger partial charge in [-0.05, 0) is 74.9 Å². The normalized spacial score (nSPS) is 15.6. The second-order valence-corrected chi connectivity index (χ2v) is 10.2. The van der Waals surface area contributed by atoms with Crippen molar-refractivity contribution in [2.45, 2.75) is 46.1 Å². The number of benzene rings is 2. The fourth-order valence-corrected chi connectivity index (χ4v) is 5.72. The number of hydrogen-bond donors (Lipinski definition) is 2. The number of rotatable bonds is 8. The highest BCUT2D eigenvalue weighted by atomic mass is 35.5. The van der Waals surface area contributed by atoms with E-state index >= 15 is 0 Å². The number of hydrogen-bond acceptors (Lipinski definition) is 5. The SMILES string of the molecule is CCOc1ccccc1NC(=O)c1c(NC(=O)[C@@H](C)Oc2cccc(Cl)c2)sc2c1CC[C@@H](C)C2. The number of para-hydroxylation sites is 2. The van der Waals surface area contributed by atoms with Crippen molar-refractivity contribution < 1.29 is 19.1 Å². The molecule has 4 rings (SSSR count). The molecule has 1 aliphatic carbocycles. The molecule has 0 saturated heterocycles. The van der Waals surface area contributed by atoms with Gasteiger partial charge in [0, 0.05) is 9.90 Å². The topological polar surface area (TPSA) is 76.7 Å². The summed E-state index contributed by atoms with van der Waals surface area (Å²) in [7, 11) is 0. The quantitative estimate of drug-likeness (QED) is 0.357. The lowest BCUT2D eigenvalue weighted by molar-refractivity contribution is -0.122. The summed E-state index contributed by atoms with van der Waals surface area (Å²) in [5, 5.41) is 7.02. The molecule has 0 fully saturated rings. The van der Waals surface area contributed by atoms with Crippen LogP contribution in [-0.4, -0.2) is 24.5 Å². The Morgan fingerprint density at radius 3 is 2.74 bits per heavy atom. The van der Waals surface area contributed by atoms with E-state index in [-0.39, 0.29) is 11.8 Å². The molecule has 2 aromatic carbocycles. The number of anilines is 2. The lowest BCUT2D eigenvalue weighted by Gasteiger charge is -2.19. The first-order chi connectivity index (χ1) is 16.9. The Hall–Kier alpha value is -3.03. The average molecular weight is 513 g/mol. The number of fused-ring (bicyclic) bond motifs is 1. The summed E-state index contributed by atoms with van der Waals surface area (Å²) in [4.78, 5) is 27.7. The van der Waals surface area contributed by atoms with Gasteiger partial charge >= 0.3 is 0 Å². The van der Waals surface area contributed by atoms with Crippen molar-refractivity contribution in [3.8, 4) is 11.5 Å². The van der Waals surface area contributed by atoms with E-state index in [9.17, 15) is 9.59 Å². The third-order valence-electron chi connectivity index (χ3n) is 5.89. The maximum atomic E-state index is 13.5. The Labute approximate surface area is 214 Å². The van der Waals surface area contributed by atoms with Crippen LogP contribution in [0.15, 0.2) is 48.5 Å². The van der Waals surface area contributed by atoms with Crippen molar-refractivity contribution in [2.24, 2.45) is 5.92 Å². The van der Waals surface area contributed by atoms with Gasteiger partial charge in [0.15, 0.2) is 6.10 Å². The fraction of sp³-hybridized carbons (Fsp3) is 0.333. The van der Waals surface area contributed by atoms with Crippen LogP contribution in [0, 0.1) is 5.92 Å². The van der Waals surface area contributed by atoms with Crippen molar-refractivity contribution in [1.82, 2.24) is 0 Å². The van der Waals surface area contributed by atoms with Gasteiger partial charge in [0.05, 0.1) is 17.9 Å². The van der Waals surface area contributed by atoms with E-state index in [2.05, 4.69) is 17.6 Å². The highest BCUT2D eigenvalue weighted by Gasteiger charge is 2.29. The van der Waals surface area contributed by atoms with Crippen LogP contribution < -0.4 is 20.1 Å². The molecule has 6 nitrogen and oxygen atoms in total. The van der Waals surface area contributed by atoms with E-state index < -0.39 is 6.10 Å². The van der Waals surface area contributed by atoms with Crippen molar-refractivity contribution in [3.05, 3.63) is 69.6 Å². The Morgan fingerprint density at radius 1 is 1.17 bits per heavy atom. The molecular formula is C27H29ClN2O4S. The van der Waals surface area contributed by atoms with Crippen LogP contribution in [0.3, 0.4) is 0 Å². The van der Waals surface area contributed by atoms with E-state index in [1.165, 1.54) is 11.3 Å². The predicted octanol–water partition coefficient (Wildman–Crippen LogP) is 6.58. The molecule has 0 unspecified atom stereocenters. The molecule has 35 heavy (non-hydrogen) atoms. The van der Waals surface area contributed by atoms with Gasteiger partial charge in [0.25, 0.3) is 11.8 Å². The average Bonchev–Trinajstić information content (AvgIpc) is 3.17. The number of amides is 2. The van der Waals surface area contributed by atoms with Crippen LogP contribution in [0.4, 0.5) is 10.7 Å². The third kappa shape index (κ3) is 5.97. The molecule has 1 aromatic heterocycles. The van der Waals surface area contributed by atoms with Crippen LogP contribution in [0.5, 0.6) is 11.5 Å². The summed E-state index contributed by atoms with van der Waals surface area (Å²) in [6, 6.07) is 14.2. The van der Waals surface area contributed by atoms with Crippen molar-refractivity contribution in [3.63, 3.8) is 0 Å². The highest BCUT2D eigenvalue weighted by molar-refractivity contribution is 7.17. The number of carbonyl (C=O) groups is 2. The largest absolute Gasteiger partial charge is 0.492 e. The van der Waals surface area contributed by atoms with Gasteiger partial charge in [-0.15, -0.1) is 11.3 Å². The highest BCUT2D eigenvalue weighted by Crippen LogP contribution is 2.40. The zero-order chi connectivity index (χ0) is 24.9. The Balaban J connectivity index is 1.59. The van der Waals surface area contributed by atoms with E-state index in [1.807, 2.05) is 31.2 Å². The Bertz CT molecular complexity index is 1230. The Kier molecular flexibility index (Phi) is 7.98. The molecule has 8 heteroatoms. The molecule has 0 bridgehead atoms. The van der Waals surface area contributed by atoms with Gasteiger partial charge in [0.2, 0.25) is 0 Å². The van der Waals surface area contributed by atoms with Crippen LogP contribution in [0.2, 0.25) is 5.02 Å². The van der Waals surface area contributed by atoms with Crippen molar-refractivity contribution in [1.29, 1.82) is 0 Å². The lowest BCUT2D eigenvalue weighted by atomic mass is 9.88. The van der Waals surface area contributed by atoms with Crippen LogP contribution >= 0.6 is 22.9 Å². The number of carbonyl (C=O) groups excluding carboxylic acids is 2. The maximum absolute atomic E-state index is 13.5. The number of nitrogens with one attached hydrogen (secondary N) is 2. The van der Waals surface area contributed by atoms with Crippen molar-refractivity contribution >= 4 is 45.4 Å². The maximum Gasteiger partial charge on any atom is 0.265 e. The molecule has 3 aromatic rings. The predicted molar refractivity (Wildman–Crippen MR) is 141 cm³/mol. The minimum atomic E-state index is -0.777. The number of ether oxygens (including phenoxy) is 2. The van der Waals surface area contributed by atoms with Gasteiger partial charge in [-0.1, -0.05) is 36.7 Å². The van der Waals surface area contributed by atoms with Crippen molar-refractivity contribution in [2.75, 3.05) is 17.2 Å². The summed E-state index contributed by atoms with van der Waals surface area (Å²) in [5.41, 5.74) is 2.13. The van der Waals surface area contributed by atoms with E-state index in [0.717, 1.165) is 29.7 Å². The molecule has 2 atom stereocenters. The minimum absolute atomic E-state index is 0.261. The first kappa shape index (κ1) is 25.1. The smallest absolute Gasteiger partial charge is 0.265 e. The van der Waals surface area contributed by atoms with Gasteiger partial charge in [-0.2, -0.15) is 0 Å². The third-order valence-corrected chi connectivity index (χ3v) is 7.29. The summed E-state index contributed by atoms with van der Waals surface area (Å²) in [6.07, 6.45) is 1.91. The summed E-state index contributed by atoms with van der Waals surface area (Å²) in [5.74, 6) is 1.05. The zero-order valence-corrected chi connectivity index (χ0v) is 21.6. The summed E-state index contributed by atoms with van der Waals surface area (Å²) in [6.45, 7) is 6.27. The van der Waals surface area contributed by atoms with Crippen LogP contribution in [-0.2, 0) is 17.6 Å². The molecule has 184 valence electrons. The molecule has 1 heterocycles. The number of halogens is 1. The molecule has 0 radical (unpaired) electrons. The monoisotopic (exact) mass is 512 g/mol. The molecule has 0 spiro atoms. The molecular weight excluding hydrogens is 484 g/mol. The van der Waals surface area contributed by atoms with Gasteiger partial charge < -0.3 is 20.1 Å². The molecule has 2 amide bonds. The van der Waals surface area contributed by atoms with E-state index in [4.69, 9.17) is 21.1 Å². The van der Waals surface area contributed by atoms with Crippen LogP contribution in [0.25, 0.3) is 0 Å². The summed E-state index contributed by atoms with van der Waals surface area (Å²) >= 11 is 7.50. The first-order valence-corrected chi connectivity index (χ1v) is 13.0. The molecule has 0 saturated carbocycles. The number of thiophene rings is 1. The second-order valence-electron chi connectivity index (χ2n) is 8.65. The van der Waals surface area contributed by atoms with Gasteiger partial charge in [0.1, 0.15) is 16.5 Å². The van der Waals surface area contributed by atoms with Gasteiger partial charge in [-0.3, -0.25) is 9.59 Å². The second kappa shape index (κ2) is 11.1. The van der Waals surface area contributed by atoms with E-state index in [1.54, 1.807) is 31.2 Å². The molecule has 1 aliphatic rings. The molecule has 0 aliphatic heterocycles. The van der Waals surface area contributed by atoms with E-state index in [0.29, 0.717) is 45.3 Å². The minimum Gasteiger partial charge on any atom is -0.492 e. The zero-order valence-electron chi connectivity index (χ0n) is 20.0. The van der Waals surface area contributed by atoms with Gasteiger partial charge in [-0.25, -0.2) is 0 Å². The standard InChI is InChI=1S/C27H29ClN2O4S/c1-4-33-22-11-6-5-10-21(22)29-26(32)24-20-13-12-16(2)14-23(20)35-27(24)30-25(31)17(3)34-19-9-7-8-18(28)15-19/h5-11,15-17H,4,12-14H2,1-3H3,(H,29,32)(H,30,31)/t16-,17-/m1/s1. The summed E-state index contributed by atoms with van der Waals surface area (Å²) < 4.78 is 11.4. The first-order valence-electron chi connectivity index (χ1n) is 11.8.